The maximum Gasteiger partial charge on any atom is 0.389 e. The lowest BCUT2D eigenvalue weighted by atomic mass is 9.92. The molecule has 3 fully saturated rings. The van der Waals surface area contributed by atoms with Gasteiger partial charge in [0.05, 0.1) is 0 Å². The Balaban J connectivity index is 1.42. The van der Waals surface area contributed by atoms with Gasteiger partial charge >= 0.3 is 6.18 Å². The largest absolute Gasteiger partial charge is 0.389 e. The first-order valence-electron chi connectivity index (χ1n) is 13.4. The second kappa shape index (κ2) is 14.4. The Hall–Kier alpha value is -0.990. The monoisotopic (exact) mass is 558 g/mol. The number of ether oxygens (including phenoxy) is 3. The van der Waals surface area contributed by atoms with Crippen LogP contribution in [0.15, 0.2) is 0 Å². The second-order valence-corrected chi connectivity index (χ2v) is 12.4. The average Bonchev–Trinajstić information content (AvgIpc) is 2.89. The topological polar surface area (TPSA) is 103 Å². The molecular weight excluding hydrogens is 517 g/mol. The Morgan fingerprint density at radius 3 is 2.35 bits per heavy atom. The number of halogens is 3. The standard InChI is InChI=1S/C24H41F3N2O7S/c25-24(26,27)10-5-16-33-15-3-1-6-20-8-13-29(14-9-20)37(31,32)23(11-18-34-19-12-23)22(30)28-36-21-7-2-4-17-35-21/h20-21H,1-19H2,(H,28,30). The van der Waals surface area contributed by atoms with Gasteiger partial charge in [-0.2, -0.15) is 13.2 Å². The molecule has 0 radical (unpaired) electrons. The minimum absolute atomic E-state index is 0.0252. The number of unbranched alkanes of at least 4 members (excludes halogenated alkanes) is 1. The van der Waals surface area contributed by atoms with E-state index in [-0.39, 0.29) is 39.1 Å². The molecule has 1 unspecified atom stereocenters. The van der Waals surface area contributed by atoms with E-state index in [1.807, 2.05) is 0 Å². The molecule has 37 heavy (non-hydrogen) atoms. The summed E-state index contributed by atoms with van der Waals surface area (Å²) in [7, 11) is -3.95. The van der Waals surface area contributed by atoms with E-state index in [2.05, 4.69) is 5.48 Å². The van der Waals surface area contributed by atoms with E-state index in [1.165, 1.54) is 4.31 Å². The Morgan fingerprint density at radius 2 is 1.70 bits per heavy atom. The summed E-state index contributed by atoms with van der Waals surface area (Å²) in [4.78, 5) is 18.6. The van der Waals surface area contributed by atoms with Crippen molar-refractivity contribution in [3.05, 3.63) is 0 Å². The maximum atomic E-state index is 13.7. The van der Waals surface area contributed by atoms with Crippen LogP contribution in [0, 0.1) is 5.92 Å². The lowest BCUT2D eigenvalue weighted by Crippen LogP contribution is -2.61. The molecule has 1 atom stereocenters. The number of hydrogen-bond acceptors (Lipinski definition) is 7. The number of nitrogens with one attached hydrogen (secondary N) is 1. The zero-order valence-corrected chi connectivity index (χ0v) is 22.3. The summed E-state index contributed by atoms with van der Waals surface area (Å²) < 4.78 is 79.8. The fourth-order valence-corrected chi connectivity index (χ4v) is 7.26. The Morgan fingerprint density at radius 1 is 1.00 bits per heavy atom. The van der Waals surface area contributed by atoms with E-state index in [9.17, 15) is 26.4 Å². The van der Waals surface area contributed by atoms with E-state index in [0.717, 1.165) is 32.1 Å². The predicted molar refractivity (Wildman–Crippen MR) is 129 cm³/mol. The maximum absolute atomic E-state index is 13.7. The summed E-state index contributed by atoms with van der Waals surface area (Å²) in [6.45, 7) is 2.14. The molecule has 3 aliphatic rings. The second-order valence-electron chi connectivity index (χ2n) is 10.1. The molecule has 0 saturated carbocycles. The summed E-state index contributed by atoms with van der Waals surface area (Å²) in [6.07, 6.45) is 1.01. The molecule has 1 amide bonds. The molecule has 3 aliphatic heterocycles. The van der Waals surface area contributed by atoms with Crippen LogP contribution in [0.25, 0.3) is 0 Å². The van der Waals surface area contributed by atoms with Gasteiger partial charge in [0.1, 0.15) is 0 Å². The number of amides is 1. The lowest BCUT2D eigenvalue weighted by molar-refractivity contribution is -0.202. The number of hydroxylamine groups is 1. The molecule has 3 saturated heterocycles. The van der Waals surface area contributed by atoms with Crippen LogP contribution in [0.2, 0.25) is 0 Å². The van der Waals surface area contributed by atoms with Gasteiger partial charge in [0, 0.05) is 71.8 Å². The average molecular weight is 559 g/mol. The summed E-state index contributed by atoms with van der Waals surface area (Å²) in [5.41, 5.74) is 2.38. The van der Waals surface area contributed by atoms with Crippen molar-refractivity contribution in [2.75, 3.05) is 46.1 Å². The third kappa shape index (κ3) is 9.03. The van der Waals surface area contributed by atoms with E-state index in [1.54, 1.807) is 0 Å². The Kier molecular flexibility index (Phi) is 11.9. The highest BCUT2D eigenvalue weighted by atomic mass is 32.2. The molecule has 0 aromatic carbocycles. The zero-order valence-electron chi connectivity index (χ0n) is 21.4. The van der Waals surface area contributed by atoms with E-state index in [4.69, 9.17) is 19.0 Å². The van der Waals surface area contributed by atoms with Crippen molar-refractivity contribution >= 4 is 15.9 Å². The molecule has 1 N–H and O–H groups in total. The fourth-order valence-electron chi connectivity index (χ4n) is 5.12. The molecule has 9 nitrogen and oxygen atoms in total. The van der Waals surface area contributed by atoms with Gasteiger partial charge in [-0.25, -0.2) is 23.0 Å². The lowest BCUT2D eigenvalue weighted by Gasteiger charge is -2.41. The third-order valence-corrected chi connectivity index (χ3v) is 10.1. The predicted octanol–water partition coefficient (Wildman–Crippen LogP) is 3.68. The number of carbonyl (C=O) groups excluding carboxylic acids is 1. The normalized spacial score (nSPS) is 24.1. The van der Waals surface area contributed by atoms with E-state index in [0.29, 0.717) is 51.5 Å². The van der Waals surface area contributed by atoms with Crippen LogP contribution in [-0.4, -0.2) is 82.0 Å². The highest BCUT2D eigenvalue weighted by Crippen LogP contribution is 2.36. The molecule has 3 heterocycles. The van der Waals surface area contributed by atoms with Crippen LogP contribution in [0.5, 0.6) is 0 Å². The molecule has 0 aromatic rings. The van der Waals surface area contributed by atoms with Crippen molar-refractivity contribution in [1.82, 2.24) is 9.79 Å². The fraction of sp³-hybridized carbons (Fsp3) is 0.958. The number of alkyl halides is 3. The smallest absolute Gasteiger partial charge is 0.381 e. The first-order chi connectivity index (χ1) is 17.6. The SMILES string of the molecule is O=C(NOC1CCCCO1)C1(S(=O)(=O)N2CCC(CCCCOCCCC(F)(F)F)CC2)CCOCC1. The number of piperidine rings is 1. The zero-order chi connectivity index (χ0) is 26.8. The van der Waals surface area contributed by atoms with Crippen molar-refractivity contribution in [3.63, 3.8) is 0 Å². The van der Waals surface area contributed by atoms with Crippen LogP contribution >= 0.6 is 0 Å². The van der Waals surface area contributed by atoms with Gasteiger partial charge in [0.25, 0.3) is 5.91 Å². The van der Waals surface area contributed by atoms with Crippen LogP contribution in [0.4, 0.5) is 13.2 Å². The molecule has 13 heteroatoms. The summed E-state index contributed by atoms with van der Waals surface area (Å²) in [6, 6.07) is 0. The van der Waals surface area contributed by atoms with E-state index >= 15 is 0 Å². The van der Waals surface area contributed by atoms with Crippen molar-refractivity contribution < 1.29 is 45.4 Å². The summed E-state index contributed by atoms with van der Waals surface area (Å²) in [5.74, 6) is -0.301. The highest BCUT2D eigenvalue weighted by Gasteiger charge is 2.54. The third-order valence-electron chi connectivity index (χ3n) is 7.44. The summed E-state index contributed by atoms with van der Waals surface area (Å²) in [5, 5.41) is 0. The first kappa shape index (κ1) is 30.6. The van der Waals surface area contributed by atoms with Crippen LogP contribution in [-0.2, 0) is 33.9 Å². The van der Waals surface area contributed by atoms with Gasteiger partial charge in [-0.05, 0) is 44.4 Å². The first-order valence-corrected chi connectivity index (χ1v) is 14.9. The highest BCUT2D eigenvalue weighted by molar-refractivity contribution is 7.91. The van der Waals surface area contributed by atoms with Gasteiger partial charge in [-0.15, -0.1) is 0 Å². The Bertz CT molecular complexity index is 793. The molecule has 216 valence electrons. The van der Waals surface area contributed by atoms with E-state index < -0.39 is 39.6 Å². The molecule has 0 bridgehead atoms. The summed E-state index contributed by atoms with van der Waals surface area (Å²) >= 11 is 0. The van der Waals surface area contributed by atoms with Gasteiger partial charge in [0.15, 0.2) is 11.0 Å². The molecular formula is C24H41F3N2O7S. The number of hydrogen-bond donors (Lipinski definition) is 1. The van der Waals surface area contributed by atoms with Crippen molar-refractivity contribution in [1.29, 1.82) is 0 Å². The van der Waals surface area contributed by atoms with Gasteiger partial charge < -0.3 is 14.2 Å². The molecule has 0 aliphatic carbocycles. The van der Waals surface area contributed by atoms with Gasteiger partial charge in [-0.3, -0.25) is 4.79 Å². The minimum atomic E-state index is -4.14. The van der Waals surface area contributed by atoms with Crippen molar-refractivity contribution in [2.24, 2.45) is 5.92 Å². The van der Waals surface area contributed by atoms with Crippen molar-refractivity contribution in [2.45, 2.75) is 94.3 Å². The number of carbonyl (C=O) groups is 1. The van der Waals surface area contributed by atoms with Gasteiger partial charge in [0.2, 0.25) is 10.0 Å². The van der Waals surface area contributed by atoms with Crippen molar-refractivity contribution in [3.8, 4) is 0 Å². The van der Waals surface area contributed by atoms with Crippen LogP contribution in [0.1, 0.15) is 77.0 Å². The quantitative estimate of drug-likeness (QED) is 0.272. The van der Waals surface area contributed by atoms with Crippen LogP contribution < -0.4 is 5.48 Å². The number of rotatable bonds is 13. The Labute approximate surface area is 217 Å². The van der Waals surface area contributed by atoms with Crippen LogP contribution in [0.3, 0.4) is 0 Å². The molecule has 3 rings (SSSR count). The molecule has 0 aromatic heterocycles. The molecule has 0 spiro atoms. The minimum Gasteiger partial charge on any atom is -0.381 e. The number of nitrogens with zero attached hydrogens (tertiary/aromatic N) is 1. The van der Waals surface area contributed by atoms with Gasteiger partial charge in [-0.1, -0.05) is 12.8 Å². The number of sulfonamides is 1.